The van der Waals surface area contributed by atoms with E-state index in [4.69, 9.17) is 13.9 Å². The summed E-state index contributed by atoms with van der Waals surface area (Å²) in [6.45, 7) is 1.61. The number of hydroxylamine groups is 2. The van der Waals surface area contributed by atoms with E-state index in [0.29, 0.717) is 28.5 Å². The molecule has 0 radical (unpaired) electrons. The smallest absolute Gasteiger partial charge is 0.416 e. The summed E-state index contributed by atoms with van der Waals surface area (Å²) in [5.74, 6) is 1.68. The van der Waals surface area contributed by atoms with Crippen LogP contribution in [0.5, 0.6) is 11.5 Å². The van der Waals surface area contributed by atoms with Gasteiger partial charge in [0, 0.05) is 5.56 Å². The minimum Gasteiger partial charge on any atom is -0.597 e. The van der Waals surface area contributed by atoms with E-state index in [1.807, 2.05) is 0 Å². The Morgan fingerprint density at radius 3 is 2.17 bits per heavy atom. The Kier molecular flexibility index (Phi) is 6.60. The fourth-order valence-electron chi connectivity index (χ4n) is 2.47. The highest BCUT2D eigenvalue weighted by atomic mass is 19.4. The summed E-state index contributed by atoms with van der Waals surface area (Å²) in [5.41, 5.74) is 0.268. The molecule has 0 spiro atoms. The van der Waals surface area contributed by atoms with E-state index >= 15 is 0 Å². The van der Waals surface area contributed by atoms with Crippen molar-refractivity contribution in [2.24, 2.45) is 0 Å². The van der Waals surface area contributed by atoms with Crippen molar-refractivity contribution in [1.29, 1.82) is 0 Å². The molecule has 0 amide bonds. The fraction of sp³-hybridized carbons (Fsp3) is 0.250. The van der Waals surface area contributed by atoms with Crippen LogP contribution in [0.2, 0.25) is 0 Å². The van der Waals surface area contributed by atoms with E-state index in [-0.39, 0.29) is 19.2 Å². The molecule has 1 atom stereocenters. The van der Waals surface area contributed by atoms with Crippen molar-refractivity contribution in [1.82, 2.24) is 4.98 Å². The number of nitrogens with zero attached hydrogens (tertiary/aromatic N) is 1. The summed E-state index contributed by atoms with van der Waals surface area (Å²) in [5, 5.41) is 10.6. The zero-order valence-corrected chi connectivity index (χ0v) is 16.2. The van der Waals surface area contributed by atoms with Gasteiger partial charge in [-0.25, -0.2) is 9.82 Å². The van der Waals surface area contributed by atoms with Crippen LogP contribution in [-0.4, -0.2) is 18.8 Å². The number of aryl methyl sites for hydroxylation is 1. The highest BCUT2D eigenvalue weighted by Crippen LogP contribution is 2.31. The van der Waals surface area contributed by atoms with E-state index < -0.39 is 17.0 Å². The first-order valence-corrected chi connectivity index (χ1v) is 8.82. The molecule has 7 nitrogen and oxygen atoms in total. The minimum atomic E-state index is -4.40. The number of oxazole rings is 1. The molecule has 30 heavy (non-hydrogen) atoms. The molecule has 2 aromatic carbocycles. The van der Waals surface area contributed by atoms with E-state index in [1.54, 1.807) is 31.2 Å². The molecule has 1 unspecified atom stereocenters. The van der Waals surface area contributed by atoms with Gasteiger partial charge in [0.1, 0.15) is 18.1 Å². The molecular weight excluding hydrogens is 405 g/mol. The standard InChI is InChI=1S/C20H19F3N2O5/c1-13-18(11-28-16-7-9-17(10-8-16)29-12-25(26)27-2)30-19(24-13)14-3-5-15(6-4-14)20(21,22)23/h3-10,25H,11-12H2,1-2H3. The first-order valence-electron chi connectivity index (χ1n) is 8.82. The fourth-order valence-corrected chi connectivity index (χ4v) is 2.47. The lowest BCUT2D eigenvalue weighted by Gasteiger charge is -2.17. The van der Waals surface area contributed by atoms with Crippen molar-refractivity contribution < 1.29 is 37.1 Å². The van der Waals surface area contributed by atoms with Gasteiger partial charge in [-0.3, -0.25) is 0 Å². The molecule has 0 aliphatic heterocycles. The summed E-state index contributed by atoms with van der Waals surface area (Å²) in [7, 11) is 1.27. The van der Waals surface area contributed by atoms with Gasteiger partial charge in [-0.05, 0) is 55.5 Å². The molecule has 3 rings (SSSR count). The number of hydrogen-bond acceptors (Lipinski definition) is 6. The van der Waals surface area contributed by atoms with Crippen LogP contribution in [0.3, 0.4) is 0 Å². The molecule has 0 aliphatic rings. The van der Waals surface area contributed by atoms with E-state index in [2.05, 4.69) is 9.82 Å². The number of alkyl halides is 3. The first kappa shape index (κ1) is 21.6. The second-order valence-corrected chi connectivity index (χ2v) is 6.23. The molecular formula is C20H19F3N2O5. The lowest BCUT2D eigenvalue weighted by atomic mass is 10.1. The van der Waals surface area contributed by atoms with Gasteiger partial charge < -0.3 is 19.1 Å². The van der Waals surface area contributed by atoms with Crippen LogP contribution in [0.4, 0.5) is 13.2 Å². The zero-order valence-electron chi connectivity index (χ0n) is 16.2. The van der Waals surface area contributed by atoms with Crippen LogP contribution in [0.15, 0.2) is 52.9 Å². The molecule has 0 bridgehead atoms. The third-order valence-electron chi connectivity index (χ3n) is 4.13. The first-order chi connectivity index (χ1) is 14.3. The second kappa shape index (κ2) is 9.16. The van der Waals surface area contributed by atoms with E-state index in [0.717, 1.165) is 12.1 Å². The van der Waals surface area contributed by atoms with Gasteiger partial charge in [-0.2, -0.15) is 18.4 Å². The van der Waals surface area contributed by atoms with Crippen molar-refractivity contribution in [2.75, 3.05) is 13.8 Å². The van der Waals surface area contributed by atoms with Crippen LogP contribution in [0.25, 0.3) is 11.5 Å². The molecule has 0 saturated carbocycles. The summed E-state index contributed by atoms with van der Waals surface area (Å²) in [4.78, 5) is 8.75. The van der Waals surface area contributed by atoms with E-state index in [1.165, 1.54) is 19.2 Å². The van der Waals surface area contributed by atoms with Crippen LogP contribution in [0.1, 0.15) is 17.0 Å². The SMILES string of the molecule is CO[NH+]([O-])COc1ccc(OCc2oc(-c3ccc(C(F)(F)F)cc3)nc2C)cc1. The monoisotopic (exact) mass is 424 g/mol. The number of halogens is 3. The highest BCUT2D eigenvalue weighted by molar-refractivity contribution is 5.54. The number of ether oxygens (including phenoxy) is 2. The van der Waals surface area contributed by atoms with Crippen LogP contribution in [0, 0.1) is 12.1 Å². The van der Waals surface area contributed by atoms with Gasteiger partial charge in [0.25, 0.3) is 6.73 Å². The van der Waals surface area contributed by atoms with Gasteiger partial charge in [0.15, 0.2) is 5.76 Å². The molecule has 1 aromatic heterocycles. The predicted octanol–water partition coefficient (Wildman–Crippen LogP) is 3.53. The number of hydrogen-bond donors (Lipinski definition) is 1. The molecule has 0 fully saturated rings. The normalized spacial score (nSPS) is 12.6. The molecule has 160 valence electrons. The Balaban J connectivity index is 1.61. The van der Waals surface area contributed by atoms with Gasteiger partial charge in [-0.15, -0.1) is 0 Å². The van der Waals surface area contributed by atoms with Gasteiger partial charge in [0.05, 0.1) is 18.4 Å². The average molecular weight is 424 g/mol. The maximum Gasteiger partial charge on any atom is 0.416 e. The highest BCUT2D eigenvalue weighted by Gasteiger charge is 2.30. The topological polar surface area (TPSA) is 81.2 Å². The zero-order chi connectivity index (χ0) is 21.7. The van der Waals surface area contributed by atoms with Gasteiger partial charge >= 0.3 is 6.18 Å². The number of aromatic nitrogens is 1. The molecule has 0 saturated heterocycles. The minimum absolute atomic E-state index is 0.0852. The van der Waals surface area contributed by atoms with Gasteiger partial charge in [-0.1, -0.05) is 0 Å². The van der Waals surface area contributed by atoms with Crippen LogP contribution >= 0.6 is 0 Å². The Labute approximate surface area is 170 Å². The van der Waals surface area contributed by atoms with Gasteiger partial charge in [0.2, 0.25) is 5.89 Å². The Hall–Kier alpha value is -3.08. The third-order valence-corrected chi connectivity index (χ3v) is 4.13. The number of benzene rings is 2. The summed E-state index contributed by atoms with van der Waals surface area (Å²) in [6, 6.07) is 11.2. The second-order valence-electron chi connectivity index (χ2n) is 6.23. The summed E-state index contributed by atoms with van der Waals surface area (Å²) >= 11 is 0. The number of nitrogens with one attached hydrogen (secondary N) is 1. The summed E-state index contributed by atoms with van der Waals surface area (Å²) < 4.78 is 54.6. The largest absolute Gasteiger partial charge is 0.597 e. The quantitative estimate of drug-likeness (QED) is 0.440. The predicted molar refractivity (Wildman–Crippen MR) is 99.3 cm³/mol. The molecule has 1 heterocycles. The maximum atomic E-state index is 12.7. The third kappa shape index (κ3) is 5.50. The van der Waals surface area contributed by atoms with Crippen molar-refractivity contribution >= 4 is 0 Å². The molecule has 0 aliphatic carbocycles. The van der Waals surface area contributed by atoms with Crippen molar-refractivity contribution in [3.63, 3.8) is 0 Å². The van der Waals surface area contributed by atoms with Crippen molar-refractivity contribution in [3.05, 3.63) is 70.8 Å². The Bertz CT molecular complexity index is 956. The molecule has 1 N–H and O–H groups in total. The number of rotatable bonds is 8. The number of quaternary nitrogens is 1. The van der Waals surface area contributed by atoms with Crippen LogP contribution in [-0.2, 0) is 17.6 Å². The average Bonchev–Trinajstić information content (AvgIpc) is 3.11. The van der Waals surface area contributed by atoms with Crippen molar-refractivity contribution in [2.45, 2.75) is 19.7 Å². The molecule has 3 aromatic rings. The lowest BCUT2D eigenvalue weighted by Crippen LogP contribution is -3.06. The lowest BCUT2D eigenvalue weighted by molar-refractivity contribution is -1.06. The van der Waals surface area contributed by atoms with Crippen LogP contribution < -0.4 is 14.7 Å². The Morgan fingerprint density at radius 2 is 1.60 bits per heavy atom. The van der Waals surface area contributed by atoms with Crippen molar-refractivity contribution in [3.8, 4) is 23.0 Å². The molecule has 10 heteroatoms. The summed E-state index contributed by atoms with van der Waals surface area (Å²) in [6.07, 6.45) is -4.40. The Morgan fingerprint density at radius 1 is 1.00 bits per heavy atom. The van der Waals surface area contributed by atoms with E-state index in [9.17, 15) is 18.4 Å². The maximum absolute atomic E-state index is 12.7.